The van der Waals surface area contributed by atoms with Crippen LogP contribution in [0.25, 0.3) is 0 Å². The number of hydrogen-bond acceptors (Lipinski definition) is 3. The Kier molecular flexibility index (Phi) is 3.79. The molecule has 0 spiro atoms. The van der Waals surface area contributed by atoms with E-state index in [2.05, 4.69) is 10.6 Å². The third-order valence-electron chi connectivity index (χ3n) is 3.57. The lowest BCUT2D eigenvalue weighted by Crippen LogP contribution is -2.42. The fourth-order valence-corrected chi connectivity index (χ4v) is 2.74. The Hall–Kier alpha value is -0.120. The summed E-state index contributed by atoms with van der Waals surface area (Å²) >= 11 is 0. The van der Waals surface area contributed by atoms with Crippen LogP contribution < -0.4 is 10.6 Å². The smallest absolute Gasteiger partial charge is 0.0459 e. The molecule has 0 bridgehead atoms. The first-order valence-corrected chi connectivity index (χ1v) is 5.96. The summed E-state index contributed by atoms with van der Waals surface area (Å²) in [6.45, 7) is 2.66. The Morgan fingerprint density at radius 3 is 2.86 bits per heavy atom. The van der Waals surface area contributed by atoms with Crippen molar-refractivity contribution in [2.24, 2.45) is 5.92 Å². The summed E-state index contributed by atoms with van der Waals surface area (Å²) in [5.41, 5.74) is 0. The van der Waals surface area contributed by atoms with Gasteiger partial charge in [-0.25, -0.2) is 0 Å². The fraction of sp³-hybridized carbons (Fsp3) is 1.00. The summed E-state index contributed by atoms with van der Waals surface area (Å²) in [5, 5.41) is 16.2. The molecule has 0 amide bonds. The van der Waals surface area contributed by atoms with E-state index in [1.807, 2.05) is 0 Å². The van der Waals surface area contributed by atoms with Crippen LogP contribution in [0, 0.1) is 5.92 Å². The van der Waals surface area contributed by atoms with Gasteiger partial charge in [-0.1, -0.05) is 6.42 Å². The van der Waals surface area contributed by atoms with Crippen molar-refractivity contribution in [3.8, 4) is 0 Å². The zero-order chi connectivity index (χ0) is 9.80. The van der Waals surface area contributed by atoms with Crippen molar-refractivity contribution in [1.82, 2.24) is 10.6 Å². The highest BCUT2D eigenvalue weighted by atomic mass is 16.3. The standard InChI is InChI=1S/C11H22N2O/c14-8-9-2-1-3-10(6-9)13-11-4-5-12-7-11/h9-14H,1-8H2. The van der Waals surface area contributed by atoms with Gasteiger partial charge >= 0.3 is 0 Å². The largest absolute Gasteiger partial charge is 0.396 e. The van der Waals surface area contributed by atoms with Gasteiger partial charge in [0.1, 0.15) is 0 Å². The molecule has 0 aromatic rings. The third-order valence-corrected chi connectivity index (χ3v) is 3.57. The van der Waals surface area contributed by atoms with Crippen molar-refractivity contribution >= 4 is 0 Å². The van der Waals surface area contributed by atoms with Crippen LogP contribution in [0.4, 0.5) is 0 Å². The summed E-state index contributed by atoms with van der Waals surface area (Å²) in [6.07, 6.45) is 6.24. The van der Waals surface area contributed by atoms with E-state index in [9.17, 15) is 0 Å². The van der Waals surface area contributed by atoms with Gasteiger partial charge in [0.05, 0.1) is 0 Å². The maximum absolute atomic E-state index is 9.13. The number of aliphatic hydroxyl groups is 1. The van der Waals surface area contributed by atoms with E-state index < -0.39 is 0 Å². The maximum atomic E-state index is 9.13. The second kappa shape index (κ2) is 5.10. The quantitative estimate of drug-likeness (QED) is 0.618. The molecule has 82 valence electrons. The van der Waals surface area contributed by atoms with Crippen LogP contribution in [0.15, 0.2) is 0 Å². The zero-order valence-electron chi connectivity index (χ0n) is 8.84. The number of aliphatic hydroxyl groups excluding tert-OH is 1. The average molecular weight is 198 g/mol. The van der Waals surface area contributed by atoms with Gasteiger partial charge < -0.3 is 15.7 Å². The predicted octanol–water partition coefficient (Wildman–Crippen LogP) is 0.489. The van der Waals surface area contributed by atoms with Crippen molar-refractivity contribution in [3.05, 3.63) is 0 Å². The first kappa shape index (κ1) is 10.4. The first-order valence-electron chi connectivity index (χ1n) is 5.96. The Bertz CT molecular complexity index is 169. The van der Waals surface area contributed by atoms with E-state index in [1.54, 1.807) is 0 Å². The highest BCUT2D eigenvalue weighted by Crippen LogP contribution is 2.24. The Morgan fingerprint density at radius 2 is 2.14 bits per heavy atom. The molecule has 3 unspecified atom stereocenters. The molecule has 3 atom stereocenters. The second-order valence-electron chi connectivity index (χ2n) is 4.77. The van der Waals surface area contributed by atoms with Gasteiger partial charge in [-0.2, -0.15) is 0 Å². The Balaban J connectivity index is 1.73. The third kappa shape index (κ3) is 2.69. The fourth-order valence-electron chi connectivity index (χ4n) is 2.74. The molecule has 2 rings (SSSR count). The van der Waals surface area contributed by atoms with Gasteiger partial charge in [-0.15, -0.1) is 0 Å². The molecule has 3 nitrogen and oxygen atoms in total. The lowest BCUT2D eigenvalue weighted by molar-refractivity contribution is 0.167. The van der Waals surface area contributed by atoms with Crippen LogP contribution in [0.2, 0.25) is 0 Å². The van der Waals surface area contributed by atoms with Crippen LogP contribution in [0.3, 0.4) is 0 Å². The van der Waals surface area contributed by atoms with Crippen LogP contribution in [0.1, 0.15) is 32.1 Å². The predicted molar refractivity (Wildman–Crippen MR) is 57.2 cm³/mol. The SMILES string of the molecule is OCC1CCCC(NC2CCNC2)C1. The van der Waals surface area contributed by atoms with Crippen LogP contribution in [0.5, 0.6) is 0 Å². The van der Waals surface area contributed by atoms with Crippen molar-refractivity contribution in [2.75, 3.05) is 19.7 Å². The number of nitrogens with one attached hydrogen (secondary N) is 2. The molecule has 14 heavy (non-hydrogen) atoms. The van der Waals surface area contributed by atoms with E-state index in [0.29, 0.717) is 24.6 Å². The van der Waals surface area contributed by atoms with Crippen molar-refractivity contribution in [3.63, 3.8) is 0 Å². The van der Waals surface area contributed by atoms with Gasteiger partial charge in [0.15, 0.2) is 0 Å². The summed E-state index contributed by atoms with van der Waals surface area (Å²) in [7, 11) is 0. The zero-order valence-corrected chi connectivity index (χ0v) is 8.84. The van der Waals surface area contributed by atoms with Crippen molar-refractivity contribution in [1.29, 1.82) is 0 Å². The summed E-state index contributed by atoms with van der Waals surface area (Å²) in [5.74, 6) is 0.551. The van der Waals surface area contributed by atoms with Crippen LogP contribution in [-0.2, 0) is 0 Å². The minimum Gasteiger partial charge on any atom is -0.396 e. The van der Waals surface area contributed by atoms with Gasteiger partial charge in [-0.3, -0.25) is 0 Å². The molecule has 3 N–H and O–H groups in total. The lowest BCUT2D eigenvalue weighted by atomic mass is 9.86. The summed E-state index contributed by atoms with van der Waals surface area (Å²) < 4.78 is 0. The van der Waals surface area contributed by atoms with Crippen molar-refractivity contribution < 1.29 is 5.11 Å². The van der Waals surface area contributed by atoms with Crippen LogP contribution in [-0.4, -0.2) is 36.9 Å². The van der Waals surface area contributed by atoms with E-state index in [0.717, 1.165) is 13.1 Å². The molecule has 1 saturated heterocycles. The van der Waals surface area contributed by atoms with Gasteiger partial charge in [0.25, 0.3) is 0 Å². The lowest BCUT2D eigenvalue weighted by Gasteiger charge is -2.30. The molecule has 3 heteroatoms. The minimum atomic E-state index is 0.376. The molecule has 1 aliphatic carbocycles. The van der Waals surface area contributed by atoms with E-state index >= 15 is 0 Å². The van der Waals surface area contributed by atoms with Gasteiger partial charge in [-0.05, 0) is 38.1 Å². The summed E-state index contributed by atoms with van der Waals surface area (Å²) in [4.78, 5) is 0. The topological polar surface area (TPSA) is 44.3 Å². The van der Waals surface area contributed by atoms with Gasteiger partial charge in [0.2, 0.25) is 0 Å². The molecule has 1 saturated carbocycles. The van der Waals surface area contributed by atoms with Crippen LogP contribution >= 0.6 is 0 Å². The molecule has 0 radical (unpaired) electrons. The Morgan fingerprint density at radius 1 is 1.21 bits per heavy atom. The summed E-state index contributed by atoms with van der Waals surface area (Å²) in [6, 6.07) is 1.34. The molecule has 0 aromatic heterocycles. The molecule has 0 aromatic carbocycles. The minimum absolute atomic E-state index is 0.376. The maximum Gasteiger partial charge on any atom is 0.0459 e. The highest BCUT2D eigenvalue weighted by molar-refractivity contribution is 4.84. The molecule has 1 heterocycles. The van der Waals surface area contributed by atoms with E-state index in [4.69, 9.17) is 5.11 Å². The monoisotopic (exact) mass is 198 g/mol. The van der Waals surface area contributed by atoms with Crippen molar-refractivity contribution in [2.45, 2.75) is 44.2 Å². The second-order valence-corrected chi connectivity index (χ2v) is 4.77. The van der Waals surface area contributed by atoms with E-state index in [-0.39, 0.29) is 0 Å². The highest BCUT2D eigenvalue weighted by Gasteiger charge is 2.24. The van der Waals surface area contributed by atoms with E-state index in [1.165, 1.54) is 32.1 Å². The molecular weight excluding hydrogens is 176 g/mol. The molecule has 2 fully saturated rings. The average Bonchev–Trinajstić information content (AvgIpc) is 2.71. The number of rotatable bonds is 3. The molecule has 1 aliphatic heterocycles. The molecule has 2 aliphatic rings. The number of hydrogen-bond donors (Lipinski definition) is 3. The first-order chi connectivity index (χ1) is 6.88. The normalized spacial score (nSPS) is 38.8. The van der Waals surface area contributed by atoms with Gasteiger partial charge in [0, 0.05) is 25.2 Å². The Labute approximate surface area is 86.3 Å². The molecular formula is C11H22N2O.